The van der Waals surface area contributed by atoms with Gasteiger partial charge < -0.3 is 10.8 Å². The minimum atomic E-state index is -3.59. The van der Waals surface area contributed by atoms with E-state index in [1.54, 1.807) is 48.5 Å². The largest absolute Gasteiger partial charge is 0.396 e. The quantitative estimate of drug-likeness (QED) is 0.853. The van der Waals surface area contributed by atoms with E-state index in [2.05, 4.69) is 0 Å². The molecule has 0 heterocycles. The number of benzene rings is 2. The zero-order chi connectivity index (χ0) is 17.5. The highest BCUT2D eigenvalue weighted by molar-refractivity contribution is 7.92. The van der Waals surface area contributed by atoms with Gasteiger partial charge >= 0.3 is 0 Å². The van der Waals surface area contributed by atoms with Crippen LogP contribution in [0.4, 0.5) is 0 Å². The van der Waals surface area contributed by atoms with Crippen LogP contribution in [0, 0.1) is 12.3 Å². The molecule has 1 aliphatic rings. The fourth-order valence-corrected chi connectivity index (χ4v) is 6.07. The molecule has 4 nitrogen and oxygen atoms in total. The Kier molecular flexibility index (Phi) is 4.47. The summed E-state index contributed by atoms with van der Waals surface area (Å²) in [6.45, 7) is 1.74. The molecular formula is C18H20ClNO3S. The van der Waals surface area contributed by atoms with Gasteiger partial charge in [0.05, 0.1) is 16.8 Å². The number of nitrogens with two attached hydrogens (primary N) is 1. The third-order valence-electron chi connectivity index (χ3n) is 4.97. The summed E-state index contributed by atoms with van der Waals surface area (Å²) in [4.78, 5) is 0.265. The highest BCUT2D eigenvalue weighted by Crippen LogP contribution is 2.63. The lowest BCUT2D eigenvalue weighted by Gasteiger charge is -2.12. The molecule has 2 aromatic carbocycles. The van der Waals surface area contributed by atoms with Crippen LogP contribution in [-0.2, 0) is 9.84 Å². The third-order valence-corrected chi connectivity index (χ3v) is 7.56. The van der Waals surface area contributed by atoms with Crippen LogP contribution < -0.4 is 5.73 Å². The molecule has 0 aliphatic heterocycles. The smallest absolute Gasteiger partial charge is 0.182 e. The molecule has 0 amide bonds. The van der Waals surface area contributed by atoms with Gasteiger partial charge in [-0.1, -0.05) is 41.4 Å². The van der Waals surface area contributed by atoms with Crippen LogP contribution in [0.2, 0.25) is 5.02 Å². The van der Waals surface area contributed by atoms with Gasteiger partial charge in [-0.15, -0.1) is 0 Å². The van der Waals surface area contributed by atoms with E-state index >= 15 is 0 Å². The summed E-state index contributed by atoms with van der Waals surface area (Å²) in [5.74, 6) is -0.337. The van der Waals surface area contributed by atoms with E-state index in [4.69, 9.17) is 17.3 Å². The Morgan fingerprint density at radius 3 is 2.21 bits per heavy atom. The lowest BCUT2D eigenvalue weighted by molar-refractivity contribution is 0.212. The molecule has 3 atom stereocenters. The predicted molar refractivity (Wildman–Crippen MR) is 94.9 cm³/mol. The summed E-state index contributed by atoms with van der Waals surface area (Å²) in [6.07, 6.45) is 0. The van der Waals surface area contributed by atoms with Crippen molar-refractivity contribution in [1.82, 2.24) is 0 Å². The standard InChI is InChI=1S/C18H20ClNO3S/c1-12-2-8-15(9-3-12)24(22,23)17-16(18(17,10-20)11-21)13-4-6-14(19)7-5-13/h2-9,16-17,21H,10-11,20H2,1H3. The van der Waals surface area contributed by atoms with E-state index < -0.39 is 20.5 Å². The van der Waals surface area contributed by atoms with Crippen LogP contribution in [0.5, 0.6) is 0 Å². The number of sulfone groups is 1. The van der Waals surface area contributed by atoms with Crippen LogP contribution in [0.1, 0.15) is 17.0 Å². The number of rotatable bonds is 5. The van der Waals surface area contributed by atoms with Gasteiger partial charge in [0, 0.05) is 22.9 Å². The highest BCUT2D eigenvalue weighted by Gasteiger charge is 2.70. The molecule has 128 valence electrons. The van der Waals surface area contributed by atoms with Crippen LogP contribution in [-0.4, -0.2) is 31.9 Å². The lowest BCUT2D eigenvalue weighted by Crippen LogP contribution is -2.27. The van der Waals surface area contributed by atoms with E-state index in [9.17, 15) is 13.5 Å². The normalized spacial score (nSPS) is 26.3. The van der Waals surface area contributed by atoms with Crippen molar-refractivity contribution in [1.29, 1.82) is 0 Å². The minimum Gasteiger partial charge on any atom is -0.396 e. The van der Waals surface area contributed by atoms with E-state index in [0.717, 1.165) is 11.1 Å². The highest BCUT2D eigenvalue weighted by atomic mass is 35.5. The Hall–Kier alpha value is -1.40. The van der Waals surface area contributed by atoms with Crippen molar-refractivity contribution in [3.8, 4) is 0 Å². The summed E-state index contributed by atoms with van der Waals surface area (Å²) in [5.41, 5.74) is 6.85. The monoisotopic (exact) mass is 365 g/mol. The number of aliphatic hydroxyl groups is 1. The van der Waals surface area contributed by atoms with Gasteiger partial charge in [0.15, 0.2) is 9.84 Å². The summed E-state index contributed by atoms with van der Waals surface area (Å²) in [6, 6.07) is 13.8. The predicted octanol–water partition coefficient (Wildman–Crippen LogP) is 2.53. The topological polar surface area (TPSA) is 80.4 Å². The molecule has 2 aromatic rings. The van der Waals surface area contributed by atoms with Gasteiger partial charge in [-0.2, -0.15) is 0 Å². The summed E-state index contributed by atoms with van der Waals surface area (Å²) in [5, 5.41) is 9.75. The van der Waals surface area contributed by atoms with Crippen LogP contribution in [0.3, 0.4) is 0 Å². The number of hydrogen-bond donors (Lipinski definition) is 2. The molecule has 0 bridgehead atoms. The first-order chi connectivity index (χ1) is 11.4. The van der Waals surface area contributed by atoms with Crippen molar-refractivity contribution in [3.05, 3.63) is 64.7 Å². The van der Waals surface area contributed by atoms with Crippen LogP contribution >= 0.6 is 11.6 Å². The number of aliphatic hydroxyl groups excluding tert-OH is 1. The molecular weight excluding hydrogens is 346 g/mol. The van der Waals surface area contributed by atoms with Gasteiger partial charge in [0.2, 0.25) is 0 Å². The maximum Gasteiger partial charge on any atom is 0.182 e. The molecule has 1 saturated carbocycles. The van der Waals surface area contributed by atoms with E-state index in [1.165, 1.54) is 0 Å². The zero-order valence-electron chi connectivity index (χ0n) is 13.3. The molecule has 6 heteroatoms. The van der Waals surface area contributed by atoms with Gasteiger partial charge in [-0.25, -0.2) is 8.42 Å². The molecule has 3 N–H and O–H groups in total. The van der Waals surface area contributed by atoms with Crippen LogP contribution in [0.15, 0.2) is 53.4 Å². The Bertz CT molecular complexity index is 828. The fourth-order valence-electron chi connectivity index (χ4n) is 3.49. The van der Waals surface area contributed by atoms with Crippen molar-refractivity contribution < 1.29 is 13.5 Å². The van der Waals surface area contributed by atoms with Crippen molar-refractivity contribution in [3.63, 3.8) is 0 Å². The second-order valence-corrected chi connectivity index (χ2v) is 8.91. The van der Waals surface area contributed by atoms with E-state index in [0.29, 0.717) is 5.02 Å². The Balaban J connectivity index is 2.04. The lowest BCUT2D eigenvalue weighted by atomic mass is 10.0. The summed E-state index contributed by atoms with van der Waals surface area (Å²) in [7, 11) is -3.59. The molecule has 3 rings (SSSR count). The first-order valence-corrected chi connectivity index (χ1v) is 9.66. The maximum absolute atomic E-state index is 13.1. The SMILES string of the molecule is Cc1ccc(S(=O)(=O)C2C(c3ccc(Cl)cc3)C2(CN)CO)cc1. The molecule has 0 saturated heterocycles. The summed E-state index contributed by atoms with van der Waals surface area (Å²) < 4.78 is 26.2. The molecule has 0 aromatic heterocycles. The molecule has 0 spiro atoms. The molecule has 24 heavy (non-hydrogen) atoms. The first-order valence-electron chi connectivity index (χ1n) is 7.74. The van der Waals surface area contributed by atoms with Crippen molar-refractivity contribution >= 4 is 21.4 Å². The number of halogens is 1. The average molecular weight is 366 g/mol. The van der Waals surface area contributed by atoms with E-state index in [-0.39, 0.29) is 24.0 Å². The Labute approximate surface area is 147 Å². The minimum absolute atomic E-state index is 0.104. The Morgan fingerprint density at radius 1 is 1.12 bits per heavy atom. The second-order valence-electron chi connectivity index (χ2n) is 6.40. The van der Waals surface area contributed by atoms with Crippen molar-refractivity contribution in [2.24, 2.45) is 11.1 Å². The van der Waals surface area contributed by atoms with Gasteiger partial charge in [0.1, 0.15) is 0 Å². The summed E-state index contributed by atoms with van der Waals surface area (Å²) >= 11 is 5.92. The van der Waals surface area contributed by atoms with E-state index in [1.807, 2.05) is 6.92 Å². The second kappa shape index (κ2) is 6.15. The molecule has 1 aliphatic carbocycles. The van der Waals surface area contributed by atoms with Gasteiger partial charge in [0.25, 0.3) is 0 Å². The third kappa shape index (κ3) is 2.65. The van der Waals surface area contributed by atoms with Crippen LogP contribution in [0.25, 0.3) is 0 Å². The zero-order valence-corrected chi connectivity index (χ0v) is 14.9. The maximum atomic E-state index is 13.1. The van der Waals surface area contributed by atoms with Gasteiger partial charge in [-0.3, -0.25) is 0 Å². The van der Waals surface area contributed by atoms with Crippen molar-refractivity contribution in [2.75, 3.05) is 13.2 Å². The number of hydrogen-bond acceptors (Lipinski definition) is 4. The number of aryl methyl sites for hydroxylation is 1. The molecule has 0 radical (unpaired) electrons. The van der Waals surface area contributed by atoms with Gasteiger partial charge in [-0.05, 0) is 36.8 Å². The Morgan fingerprint density at radius 2 is 1.71 bits per heavy atom. The molecule has 1 fully saturated rings. The van der Waals surface area contributed by atoms with Crippen molar-refractivity contribution in [2.45, 2.75) is 23.0 Å². The average Bonchev–Trinajstić information content (AvgIpc) is 3.26. The fraction of sp³-hybridized carbons (Fsp3) is 0.333. The molecule has 3 unspecified atom stereocenters. The first kappa shape index (κ1) is 17.4.